The summed E-state index contributed by atoms with van der Waals surface area (Å²) in [5, 5.41) is 1.47. The fourth-order valence-corrected chi connectivity index (χ4v) is 7.42. The van der Waals surface area contributed by atoms with Crippen LogP contribution in [0.5, 0.6) is 5.75 Å². The van der Waals surface area contributed by atoms with Gasteiger partial charge in [-0.3, -0.25) is 19.3 Å². The van der Waals surface area contributed by atoms with Crippen molar-refractivity contribution in [2.45, 2.75) is 31.2 Å². The number of hydrogen-bond donors (Lipinski definition) is 0. The summed E-state index contributed by atoms with van der Waals surface area (Å²) in [6.45, 7) is -1.16. The molecule has 1 fully saturated rings. The van der Waals surface area contributed by atoms with E-state index in [1.54, 1.807) is 24.3 Å². The minimum absolute atomic E-state index is 0.155. The van der Waals surface area contributed by atoms with Crippen LogP contribution >= 0.6 is 11.3 Å². The van der Waals surface area contributed by atoms with E-state index in [1.807, 2.05) is 0 Å². The molecule has 0 saturated carbocycles. The molecule has 0 spiro atoms. The number of thiazole rings is 1. The molecule has 2 aliphatic heterocycles. The molecule has 0 N–H and O–H groups in total. The molecule has 47 heavy (non-hydrogen) atoms. The average molecular weight is 675 g/mol. The van der Waals surface area contributed by atoms with Crippen molar-refractivity contribution in [1.82, 2.24) is 14.6 Å². The predicted molar refractivity (Wildman–Crippen MR) is 156 cm³/mol. The van der Waals surface area contributed by atoms with E-state index in [2.05, 4.69) is 9.72 Å². The van der Waals surface area contributed by atoms with Gasteiger partial charge in [0, 0.05) is 24.4 Å². The Morgan fingerprint density at radius 1 is 1.09 bits per heavy atom. The first-order chi connectivity index (χ1) is 22.5. The zero-order chi connectivity index (χ0) is 33.2. The molecule has 3 aliphatic rings. The highest BCUT2D eigenvalue weighted by Crippen LogP contribution is 2.51. The Labute approximate surface area is 266 Å². The first kappa shape index (κ1) is 30.7. The largest absolute Gasteiger partial charge is 0.510 e. The van der Waals surface area contributed by atoms with Crippen molar-refractivity contribution in [3.63, 3.8) is 0 Å². The van der Waals surface area contributed by atoms with Crippen LogP contribution in [0.4, 0.5) is 26.7 Å². The number of aromatic nitrogens is 2. The van der Waals surface area contributed by atoms with E-state index in [9.17, 15) is 31.9 Å². The summed E-state index contributed by atoms with van der Waals surface area (Å²) in [7, 11) is 1.05. The monoisotopic (exact) mass is 674 g/mol. The maximum Gasteiger partial charge on any atom is 0.510 e. The van der Waals surface area contributed by atoms with Crippen molar-refractivity contribution in [2.75, 3.05) is 25.5 Å². The van der Waals surface area contributed by atoms with Gasteiger partial charge in [0.25, 0.3) is 5.91 Å². The molecule has 10 nitrogen and oxygen atoms in total. The third-order valence-electron chi connectivity index (χ3n) is 8.63. The van der Waals surface area contributed by atoms with E-state index < -0.39 is 78.8 Å². The summed E-state index contributed by atoms with van der Waals surface area (Å²) < 4.78 is 89.4. The summed E-state index contributed by atoms with van der Waals surface area (Å²) in [6, 6.07) is 9.09. The highest BCUT2D eigenvalue weighted by molar-refractivity contribution is 7.13. The van der Waals surface area contributed by atoms with Crippen molar-refractivity contribution in [3.8, 4) is 27.4 Å². The highest BCUT2D eigenvalue weighted by atomic mass is 32.1. The number of ether oxygens (including phenoxy) is 3. The molecule has 7 rings (SSSR count). The van der Waals surface area contributed by atoms with Gasteiger partial charge in [-0.2, -0.15) is 13.2 Å². The number of carbonyl (C=O) groups is 2. The summed E-state index contributed by atoms with van der Waals surface area (Å²) in [4.78, 5) is 44.8. The van der Waals surface area contributed by atoms with Gasteiger partial charge in [-0.15, -0.1) is 11.3 Å². The third kappa shape index (κ3) is 4.89. The molecule has 0 radical (unpaired) electrons. The van der Waals surface area contributed by atoms with Gasteiger partial charge in [0.1, 0.15) is 6.17 Å². The zero-order valence-corrected chi connectivity index (χ0v) is 25.1. The van der Waals surface area contributed by atoms with Crippen LogP contribution in [0, 0.1) is 17.6 Å². The van der Waals surface area contributed by atoms with Crippen LogP contribution in [-0.2, 0) is 9.47 Å². The number of fused-ring (bicyclic) bond motifs is 7. The number of carbonyl (C=O) groups excluding carboxylic acids is 2. The van der Waals surface area contributed by atoms with Crippen LogP contribution in [0.1, 0.15) is 40.5 Å². The Bertz CT molecular complexity index is 1980. The molecule has 3 atom stereocenters. The van der Waals surface area contributed by atoms with Gasteiger partial charge in [0.2, 0.25) is 18.0 Å². The Hall–Kier alpha value is -4.99. The van der Waals surface area contributed by atoms with Crippen molar-refractivity contribution in [3.05, 3.63) is 92.9 Å². The van der Waals surface area contributed by atoms with E-state index in [4.69, 9.17) is 9.47 Å². The van der Waals surface area contributed by atoms with Gasteiger partial charge >= 0.3 is 12.3 Å². The second kappa shape index (κ2) is 11.4. The van der Waals surface area contributed by atoms with Crippen LogP contribution < -0.4 is 15.2 Å². The number of benzene rings is 2. The lowest BCUT2D eigenvalue weighted by atomic mass is 9.88. The van der Waals surface area contributed by atoms with Crippen LogP contribution in [0.3, 0.4) is 0 Å². The zero-order valence-electron chi connectivity index (χ0n) is 24.3. The van der Waals surface area contributed by atoms with Crippen molar-refractivity contribution in [1.29, 1.82) is 0 Å². The molecule has 16 heteroatoms. The summed E-state index contributed by atoms with van der Waals surface area (Å²) >= 11 is 1.19. The average Bonchev–Trinajstić information content (AvgIpc) is 3.50. The fraction of sp³-hybridized carbons (Fsp3) is 0.290. The molecular formula is C31H23F5N4O6S. The number of amides is 1. The van der Waals surface area contributed by atoms with E-state index in [-0.39, 0.29) is 29.1 Å². The molecule has 4 heterocycles. The van der Waals surface area contributed by atoms with E-state index in [0.717, 1.165) is 19.2 Å². The molecule has 2 aromatic carbocycles. The van der Waals surface area contributed by atoms with Gasteiger partial charge in [-0.1, -0.05) is 30.3 Å². The number of piperidine rings is 1. The predicted octanol–water partition coefficient (Wildman–Crippen LogP) is 5.83. The molecule has 0 bridgehead atoms. The first-order valence-corrected chi connectivity index (χ1v) is 15.2. The van der Waals surface area contributed by atoms with Crippen molar-refractivity contribution < 1.29 is 45.8 Å². The second-order valence-corrected chi connectivity index (χ2v) is 11.9. The van der Waals surface area contributed by atoms with Crippen molar-refractivity contribution in [2.24, 2.45) is 5.92 Å². The molecule has 244 valence electrons. The van der Waals surface area contributed by atoms with E-state index in [1.165, 1.54) is 43.7 Å². The molecular weight excluding hydrogens is 651 g/mol. The topological polar surface area (TPSA) is 103 Å². The smallest absolute Gasteiger partial charge is 0.451 e. The third-order valence-corrected chi connectivity index (χ3v) is 9.49. The minimum atomic E-state index is -4.59. The SMILES string of the molecule is COC(=O)OCOc1c2n(ccc1=O)N(C1c3ccccc3-c3scnc3-c3c1ccc(F)c3F)C1CC(C(F)(F)F)CCN1C2=O. The Kier molecular flexibility index (Phi) is 7.41. The standard InChI is InChI=1S/C31H23F5N4O6S/c1-44-30(43)46-14-45-27-20(41)9-11-39-26(27)29(42)38-10-8-15(31(34,35)36)12-21(38)40(39)25-16-4-2-3-5-17(16)28-24(37-13-47-28)22-18(25)6-7-19(32)23(22)33/h2-7,9,11,13,15,21,25H,8,10,12,14H2,1H3. The van der Waals surface area contributed by atoms with Gasteiger partial charge in [0.05, 0.1) is 35.2 Å². The number of alkyl halides is 3. The molecule has 1 amide bonds. The van der Waals surface area contributed by atoms with E-state index in [0.29, 0.717) is 16.0 Å². The van der Waals surface area contributed by atoms with Crippen LogP contribution in [0.25, 0.3) is 21.7 Å². The van der Waals surface area contributed by atoms with Crippen LogP contribution in [0.2, 0.25) is 0 Å². The summed E-state index contributed by atoms with van der Waals surface area (Å²) in [6.07, 6.45) is -6.72. The number of nitrogens with zero attached hydrogens (tertiary/aromatic N) is 4. The molecule has 1 aliphatic carbocycles. The summed E-state index contributed by atoms with van der Waals surface area (Å²) in [5.74, 6) is -5.47. The number of hydrogen-bond acceptors (Lipinski definition) is 9. The lowest BCUT2D eigenvalue weighted by Gasteiger charge is -2.53. The molecule has 4 aromatic rings. The van der Waals surface area contributed by atoms with Gasteiger partial charge in [-0.25, -0.2) is 18.6 Å². The highest BCUT2D eigenvalue weighted by Gasteiger charge is 2.52. The lowest BCUT2D eigenvalue weighted by Crippen LogP contribution is -2.65. The quantitative estimate of drug-likeness (QED) is 0.151. The maximum atomic E-state index is 15.9. The minimum Gasteiger partial charge on any atom is -0.451 e. The number of halogens is 5. The summed E-state index contributed by atoms with van der Waals surface area (Å²) in [5.41, 5.74) is 1.59. The fourth-order valence-electron chi connectivity index (χ4n) is 6.58. The lowest BCUT2D eigenvalue weighted by molar-refractivity contribution is -0.189. The number of rotatable bonds is 4. The number of methoxy groups -OCH3 is 1. The van der Waals surface area contributed by atoms with E-state index >= 15 is 4.39 Å². The maximum absolute atomic E-state index is 15.9. The Morgan fingerprint density at radius 2 is 1.87 bits per heavy atom. The molecule has 1 saturated heterocycles. The van der Waals surface area contributed by atoms with Crippen molar-refractivity contribution >= 4 is 23.4 Å². The van der Waals surface area contributed by atoms with Crippen LogP contribution in [-0.4, -0.2) is 59.4 Å². The molecule has 3 unspecified atom stereocenters. The van der Waals surface area contributed by atoms with Gasteiger partial charge < -0.3 is 19.1 Å². The van der Waals surface area contributed by atoms with Crippen LogP contribution in [0.15, 0.2) is 59.0 Å². The number of pyridine rings is 1. The first-order valence-electron chi connectivity index (χ1n) is 14.3. The Morgan fingerprint density at radius 3 is 2.64 bits per heavy atom. The second-order valence-electron chi connectivity index (χ2n) is 11.0. The molecule has 2 aromatic heterocycles. The normalized spacial score (nSPS) is 19.9. The Balaban J connectivity index is 1.50. The van der Waals surface area contributed by atoms with Gasteiger partial charge in [-0.05, 0) is 35.6 Å². The van der Waals surface area contributed by atoms with Gasteiger partial charge in [0.15, 0.2) is 17.3 Å².